The molecule has 4 aromatic rings. The van der Waals surface area contributed by atoms with Gasteiger partial charge in [0, 0.05) is 35.7 Å². The standard InChI is InChI=1S/C23H21ClFN5O2/c1-26-22-23-28-13-20(30(23)10-9-27-22)15-2-5-18(6-3-15)29-21(31)14-32-11-8-16-12-17(24)4-7-19(16)25/h2-7,9-10,12-13H,8,11,14H2,1H3,(H,26,27)(H,29,31). The van der Waals surface area contributed by atoms with Crippen LogP contribution in [0.4, 0.5) is 15.9 Å². The monoisotopic (exact) mass is 453 g/mol. The molecular weight excluding hydrogens is 433 g/mol. The first kappa shape index (κ1) is 21.7. The van der Waals surface area contributed by atoms with Gasteiger partial charge in [-0.05, 0) is 42.3 Å². The van der Waals surface area contributed by atoms with E-state index in [4.69, 9.17) is 16.3 Å². The van der Waals surface area contributed by atoms with Gasteiger partial charge >= 0.3 is 0 Å². The van der Waals surface area contributed by atoms with Crippen molar-refractivity contribution in [1.29, 1.82) is 0 Å². The molecule has 4 rings (SSSR count). The van der Waals surface area contributed by atoms with Crippen molar-refractivity contribution in [1.82, 2.24) is 14.4 Å². The van der Waals surface area contributed by atoms with Gasteiger partial charge in [0.05, 0.1) is 18.5 Å². The summed E-state index contributed by atoms with van der Waals surface area (Å²) in [6.07, 6.45) is 5.67. The number of fused-ring (bicyclic) bond motifs is 1. The summed E-state index contributed by atoms with van der Waals surface area (Å²) >= 11 is 5.87. The highest BCUT2D eigenvalue weighted by Gasteiger charge is 2.10. The maximum Gasteiger partial charge on any atom is 0.250 e. The smallest absolute Gasteiger partial charge is 0.250 e. The zero-order chi connectivity index (χ0) is 22.5. The maximum atomic E-state index is 13.7. The molecule has 2 N–H and O–H groups in total. The highest BCUT2D eigenvalue weighted by Crippen LogP contribution is 2.24. The third-order valence-corrected chi connectivity index (χ3v) is 5.12. The van der Waals surface area contributed by atoms with Crippen LogP contribution in [-0.2, 0) is 16.0 Å². The predicted octanol–water partition coefficient (Wildman–Crippen LogP) is 4.43. The first-order valence-electron chi connectivity index (χ1n) is 9.97. The van der Waals surface area contributed by atoms with Crippen LogP contribution >= 0.6 is 11.6 Å². The van der Waals surface area contributed by atoms with Crippen molar-refractivity contribution in [2.75, 3.05) is 30.9 Å². The minimum atomic E-state index is -0.341. The number of ether oxygens (including phenoxy) is 1. The number of hydrogen-bond donors (Lipinski definition) is 2. The number of amides is 1. The lowest BCUT2D eigenvalue weighted by molar-refractivity contribution is -0.120. The lowest BCUT2D eigenvalue weighted by Gasteiger charge is -2.08. The topological polar surface area (TPSA) is 80.5 Å². The third kappa shape index (κ3) is 4.87. The summed E-state index contributed by atoms with van der Waals surface area (Å²) in [5.74, 6) is 0.0662. The van der Waals surface area contributed by atoms with Gasteiger partial charge in [0.2, 0.25) is 5.91 Å². The quantitative estimate of drug-likeness (QED) is 0.386. The molecule has 0 saturated heterocycles. The Kier molecular flexibility index (Phi) is 6.63. The Morgan fingerprint density at radius 2 is 2.00 bits per heavy atom. The molecule has 0 fully saturated rings. The molecule has 0 aliphatic rings. The van der Waals surface area contributed by atoms with Crippen molar-refractivity contribution >= 4 is 34.7 Å². The number of halogens is 2. The Labute approximate surface area is 189 Å². The van der Waals surface area contributed by atoms with Crippen LogP contribution in [0, 0.1) is 5.82 Å². The van der Waals surface area contributed by atoms with Crippen LogP contribution in [-0.4, -0.2) is 40.5 Å². The molecule has 0 unspecified atom stereocenters. The number of imidazole rings is 1. The van der Waals surface area contributed by atoms with Gasteiger partial charge < -0.3 is 15.4 Å². The molecule has 0 saturated carbocycles. The molecule has 0 spiro atoms. The van der Waals surface area contributed by atoms with Crippen LogP contribution in [0.25, 0.3) is 16.9 Å². The summed E-state index contributed by atoms with van der Waals surface area (Å²) in [5, 5.41) is 6.27. The van der Waals surface area contributed by atoms with Crippen molar-refractivity contribution in [2.45, 2.75) is 6.42 Å². The van der Waals surface area contributed by atoms with E-state index in [9.17, 15) is 9.18 Å². The van der Waals surface area contributed by atoms with Gasteiger partial charge in [-0.1, -0.05) is 23.7 Å². The number of benzene rings is 2. The fourth-order valence-corrected chi connectivity index (χ4v) is 3.51. The highest BCUT2D eigenvalue weighted by molar-refractivity contribution is 6.30. The highest BCUT2D eigenvalue weighted by atomic mass is 35.5. The normalized spacial score (nSPS) is 11.0. The van der Waals surface area contributed by atoms with Crippen LogP contribution < -0.4 is 10.6 Å². The number of carbonyl (C=O) groups excluding carboxylic acids is 1. The second-order valence-electron chi connectivity index (χ2n) is 7.03. The summed E-state index contributed by atoms with van der Waals surface area (Å²) in [6.45, 7) is 0.0817. The van der Waals surface area contributed by atoms with Gasteiger partial charge in [-0.2, -0.15) is 0 Å². The van der Waals surface area contributed by atoms with E-state index in [0.29, 0.717) is 28.5 Å². The average molecular weight is 454 g/mol. The zero-order valence-corrected chi connectivity index (χ0v) is 18.1. The molecule has 0 atom stereocenters. The first-order valence-corrected chi connectivity index (χ1v) is 10.3. The maximum absolute atomic E-state index is 13.7. The predicted molar refractivity (Wildman–Crippen MR) is 123 cm³/mol. The zero-order valence-electron chi connectivity index (χ0n) is 17.3. The van der Waals surface area contributed by atoms with E-state index in [0.717, 1.165) is 16.9 Å². The van der Waals surface area contributed by atoms with Crippen LogP contribution in [0.1, 0.15) is 5.56 Å². The molecule has 7 nitrogen and oxygen atoms in total. The average Bonchev–Trinajstić information content (AvgIpc) is 3.24. The lowest BCUT2D eigenvalue weighted by atomic mass is 10.1. The molecule has 0 aliphatic heterocycles. The second kappa shape index (κ2) is 9.76. The molecule has 0 bridgehead atoms. The van der Waals surface area contributed by atoms with Crippen LogP contribution in [0.2, 0.25) is 5.02 Å². The van der Waals surface area contributed by atoms with Crippen LogP contribution in [0.5, 0.6) is 0 Å². The lowest BCUT2D eigenvalue weighted by Crippen LogP contribution is -2.19. The van der Waals surface area contributed by atoms with Gasteiger partial charge in [0.1, 0.15) is 12.4 Å². The number of aromatic nitrogens is 3. The Balaban J connectivity index is 1.32. The van der Waals surface area contributed by atoms with E-state index < -0.39 is 0 Å². The summed E-state index contributed by atoms with van der Waals surface area (Å²) in [6, 6.07) is 11.8. The Morgan fingerprint density at radius 1 is 1.19 bits per heavy atom. The molecule has 0 radical (unpaired) electrons. The third-order valence-electron chi connectivity index (χ3n) is 4.89. The van der Waals surface area contributed by atoms with Crippen molar-refractivity contribution in [2.24, 2.45) is 0 Å². The van der Waals surface area contributed by atoms with E-state index in [2.05, 4.69) is 20.6 Å². The van der Waals surface area contributed by atoms with E-state index >= 15 is 0 Å². The number of rotatable bonds is 8. The van der Waals surface area contributed by atoms with Crippen molar-refractivity contribution < 1.29 is 13.9 Å². The van der Waals surface area contributed by atoms with E-state index in [1.807, 2.05) is 34.9 Å². The molecule has 1 amide bonds. The van der Waals surface area contributed by atoms with Gasteiger partial charge in [-0.3, -0.25) is 9.20 Å². The number of nitrogens with one attached hydrogen (secondary N) is 2. The van der Waals surface area contributed by atoms with E-state index in [1.165, 1.54) is 12.1 Å². The number of nitrogens with zero attached hydrogens (tertiary/aromatic N) is 3. The summed E-state index contributed by atoms with van der Waals surface area (Å²) in [4.78, 5) is 20.8. The molecule has 164 valence electrons. The second-order valence-corrected chi connectivity index (χ2v) is 7.46. The Hall–Kier alpha value is -3.49. The van der Waals surface area contributed by atoms with Gasteiger partial charge in [-0.25, -0.2) is 14.4 Å². The Bertz CT molecular complexity index is 1240. The summed E-state index contributed by atoms with van der Waals surface area (Å²) < 4.78 is 21.0. The van der Waals surface area contributed by atoms with Crippen molar-refractivity contribution in [3.05, 3.63) is 77.5 Å². The molecule has 9 heteroatoms. The summed E-state index contributed by atoms with van der Waals surface area (Å²) in [5.41, 5.74) is 3.70. The molecular formula is C23H21ClFN5O2. The first-order chi connectivity index (χ1) is 15.5. The number of carbonyl (C=O) groups is 1. The van der Waals surface area contributed by atoms with Gasteiger partial charge in [0.15, 0.2) is 11.5 Å². The largest absolute Gasteiger partial charge is 0.371 e. The molecule has 32 heavy (non-hydrogen) atoms. The van der Waals surface area contributed by atoms with Crippen LogP contribution in [0.3, 0.4) is 0 Å². The number of hydrogen-bond acceptors (Lipinski definition) is 5. The minimum Gasteiger partial charge on any atom is -0.371 e. The van der Waals surface area contributed by atoms with Crippen molar-refractivity contribution in [3.8, 4) is 11.3 Å². The van der Waals surface area contributed by atoms with Gasteiger partial charge in [-0.15, -0.1) is 0 Å². The molecule has 2 heterocycles. The van der Waals surface area contributed by atoms with Crippen LogP contribution in [0.15, 0.2) is 61.1 Å². The van der Waals surface area contributed by atoms with E-state index in [1.54, 1.807) is 25.5 Å². The molecule has 0 aliphatic carbocycles. The fourth-order valence-electron chi connectivity index (χ4n) is 3.31. The van der Waals surface area contributed by atoms with E-state index in [-0.39, 0.29) is 24.9 Å². The van der Waals surface area contributed by atoms with Gasteiger partial charge in [0.25, 0.3) is 0 Å². The fraction of sp³-hybridized carbons (Fsp3) is 0.174. The molecule has 2 aromatic carbocycles. The molecule has 2 aromatic heterocycles. The summed E-state index contributed by atoms with van der Waals surface area (Å²) in [7, 11) is 1.80. The van der Waals surface area contributed by atoms with Crippen molar-refractivity contribution in [3.63, 3.8) is 0 Å². The SMILES string of the molecule is CNc1nccn2c(-c3ccc(NC(=O)COCCc4cc(Cl)ccc4F)cc3)cnc12. The Morgan fingerprint density at radius 3 is 2.78 bits per heavy atom. The number of anilines is 2. The minimum absolute atomic E-state index is 0.128.